The zero-order valence-corrected chi connectivity index (χ0v) is 9.91. The molecule has 1 rings (SSSR count). The highest BCUT2D eigenvalue weighted by Crippen LogP contribution is 2.14. The lowest BCUT2D eigenvalue weighted by molar-refractivity contribution is 0.107. The quantitative estimate of drug-likeness (QED) is 0.858. The fourth-order valence-electron chi connectivity index (χ4n) is 0.905. The number of ether oxygens (including phenoxy) is 2. The predicted octanol–water partition coefficient (Wildman–Crippen LogP) is 2.64. The summed E-state index contributed by atoms with van der Waals surface area (Å²) in [5, 5.41) is 2.59. The van der Waals surface area contributed by atoms with E-state index in [2.05, 4.69) is 21.2 Å². The van der Waals surface area contributed by atoms with Gasteiger partial charge in [-0.05, 0) is 24.3 Å². The van der Waals surface area contributed by atoms with E-state index in [4.69, 9.17) is 9.47 Å². The zero-order valence-electron chi connectivity index (χ0n) is 8.33. The van der Waals surface area contributed by atoms with Gasteiger partial charge in [-0.3, -0.25) is 5.32 Å². The van der Waals surface area contributed by atoms with Crippen LogP contribution in [0.15, 0.2) is 28.7 Å². The van der Waals surface area contributed by atoms with Gasteiger partial charge < -0.3 is 9.47 Å². The number of halogens is 1. The topological polar surface area (TPSA) is 47.6 Å². The van der Waals surface area contributed by atoms with Crippen molar-refractivity contribution in [3.63, 3.8) is 0 Å². The van der Waals surface area contributed by atoms with Crippen LogP contribution < -0.4 is 5.32 Å². The number of hydrogen-bond acceptors (Lipinski definition) is 3. The summed E-state index contributed by atoms with van der Waals surface area (Å²) in [5.74, 6) is 0. The Kier molecular flexibility index (Phi) is 5.14. The van der Waals surface area contributed by atoms with Gasteiger partial charge in [-0.15, -0.1) is 0 Å². The van der Waals surface area contributed by atoms with Crippen molar-refractivity contribution in [3.05, 3.63) is 28.7 Å². The second kappa shape index (κ2) is 6.42. The Balaban J connectivity index is 2.34. The van der Waals surface area contributed by atoms with Crippen LogP contribution in [0.5, 0.6) is 0 Å². The van der Waals surface area contributed by atoms with Gasteiger partial charge in [-0.1, -0.05) is 15.9 Å². The van der Waals surface area contributed by atoms with Crippen molar-refractivity contribution in [2.45, 2.75) is 0 Å². The van der Waals surface area contributed by atoms with E-state index in [9.17, 15) is 4.79 Å². The van der Waals surface area contributed by atoms with Crippen LogP contribution in [0.4, 0.5) is 10.5 Å². The fourth-order valence-corrected chi connectivity index (χ4v) is 1.17. The zero-order chi connectivity index (χ0) is 11.1. The molecule has 82 valence electrons. The van der Waals surface area contributed by atoms with Crippen molar-refractivity contribution in [2.24, 2.45) is 0 Å². The molecule has 0 bridgehead atoms. The molecule has 1 aromatic carbocycles. The monoisotopic (exact) mass is 273 g/mol. The summed E-state index contributed by atoms with van der Waals surface area (Å²) in [6.45, 7) is 0.645. The van der Waals surface area contributed by atoms with Crippen LogP contribution in [0, 0.1) is 0 Å². The molecule has 5 heteroatoms. The van der Waals surface area contributed by atoms with Gasteiger partial charge in [0.05, 0.1) is 6.61 Å². The summed E-state index contributed by atoms with van der Waals surface area (Å²) in [5.41, 5.74) is 0.695. The molecule has 4 nitrogen and oxygen atoms in total. The van der Waals surface area contributed by atoms with Crippen LogP contribution in [0.25, 0.3) is 0 Å². The largest absolute Gasteiger partial charge is 0.447 e. The first-order chi connectivity index (χ1) is 7.22. The van der Waals surface area contributed by atoms with E-state index in [0.29, 0.717) is 12.3 Å². The van der Waals surface area contributed by atoms with Crippen LogP contribution in [0.1, 0.15) is 0 Å². The van der Waals surface area contributed by atoms with E-state index in [0.717, 1.165) is 4.47 Å². The van der Waals surface area contributed by atoms with Gasteiger partial charge in [0.15, 0.2) is 0 Å². The molecule has 0 radical (unpaired) electrons. The molecule has 0 unspecified atom stereocenters. The number of carbonyl (C=O) groups is 1. The molecule has 0 spiro atoms. The maximum absolute atomic E-state index is 11.2. The van der Waals surface area contributed by atoms with E-state index in [1.807, 2.05) is 12.1 Å². The lowest BCUT2D eigenvalue weighted by atomic mass is 10.3. The molecule has 0 aliphatic heterocycles. The Morgan fingerprint density at radius 3 is 2.60 bits per heavy atom. The molecule has 0 saturated carbocycles. The number of amides is 1. The second-order valence-electron chi connectivity index (χ2n) is 2.76. The van der Waals surface area contributed by atoms with Gasteiger partial charge in [0.2, 0.25) is 0 Å². The van der Waals surface area contributed by atoms with Crippen molar-refractivity contribution in [3.8, 4) is 0 Å². The van der Waals surface area contributed by atoms with E-state index in [1.165, 1.54) is 0 Å². The van der Waals surface area contributed by atoms with Gasteiger partial charge in [0.1, 0.15) is 6.61 Å². The van der Waals surface area contributed by atoms with E-state index >= 15 is 0 Å². The third kappa shape index (κ3) is 4.80. The van der Waals surface area contributed by atoms with Crippen LogP contribution in [-0.2, 0) is 9.47 Å². The minimum atomic E-state index is -0.477. The van der Waals surface area contributed by atoms with Gasteiger partial charge in [-0.25, -0.2) is 4.79 Å². The molecule has 0 heterocycles. The third-order valence-corrected chi connectivity index (χ3v) is 2.14. The minimum absolute atomic E-state index is 0.249. The number of hydrogen-bond donors (Lipinski definition) is 1. The normalized spacial score (nSPS) is 9.73. The average molecular weight is 274 g/mol. The molecule has 1 amide bonds. The van der Waals surface area contributed by atoms with Gasteiger partial charge in [0, 0.05) is 17.3 Å². The number of anilines is 1. The van der Waals surface area contributed by atoms with E-state index < -0.39 is 6.09 Å². The van der Waals surface area contributed by atoms with Crippen molar-refractivity contribution in [1.29, 1.82) is 0 Å². The Morgan fingerprint density at radius 2 is 2.00 bits per heavy atom. The van der Waals surface area contributed by atoms with Crippen molar-refractivity contribution in [2.75, 3.05) is 25.6 Å². The molecule has 0 aliphatic carbocycles. The van der Waals surface area contributed by atoms with E-state index in [1.54, 1.807) is 19.2 Å². The standard InChI is InChI=1S/C10H12BrNO3/c1-14-6-7-15-10(13)12-9-4-2-8(11)3-5-9/h2-5H,6-7H2,1H3,(H,12,13). The van der Waals surface area contributed by atoms with Crippen LogP contribution >= 0.6 is 15.9 Å². The molecule has 15 heavy (non-hydrogen) atoms. The molecular formula is C10H12BrNO3. The minimum Gasteiger partial charge on any atom is -0.447 e. The van der Waals surface area contributed by atoms with Crippen LogP contribution in [0.2, 0.25) is 0 Å². The first kappa shape index (κ1) is 12.0. The number of rotatable bonds is 4. The molecule has 0 fully saturated rings. The molecule has 0 aliphatic rings. The predicted molar refractivity (Wildman–Crippen MR) is 61.0 cm³/mol. The van der Waals surface area contributed by atoms with Crippen LogP contribution in [-0.4, -0.2) is 26.4 Å². The molecule has 0 saturated heterocycles. The summed E-state index contributed by atoms with van der Waals surface area (Å²) >= 11 is 3.30. The number of benzene rings is 1. The number of carbonyl (C=O) groups excluding carboxylic acids is 1. The smallest absolute Gasteiger partial charge is 0.411 e. The summed E-state index contributed by atoms with van der Waals surface area (Å²) in [6.07, 6.45) is -0.477. The van der Waals surface area contributed by atoms with Crippen LogP contribution in [0.3, 0.4) is 0 Å². The summed E-state index contributed by atoms with van der Waals surface area (Å²) < 4.78 is 10.5. The first-order valence-corrected chi connectivity index (χ1v) is 5.20. The highest BCUT2D eigenvalue weighted by atomic mass is 79.9. The van der Waals surface area contributed by atoms with Crippen molar-refractivity contribution < 1.29 is 14.3 Å². The molecule has 0 aromatic heterocycles. The highest BCUT2D eigenvalue weighted by molar-refractivity contribution is 9.10. The Morgan fingerprint density at radius 1 is 1.33 bits per heavy atom. The van der Waals surface area contributed by atoms with Gasteiger partial charge in [0.25, 0.3) is 0 Å². The average Bonchev–Trinajstić information content (AvgIpc) is 2.22. The molecule has 1 N–H and O–H groups in total. The van der Waals surface area contributed by atoms with Gasteiger partial charge >= 0.3 is 6.09 Å². The van der Waals surface area contributed by atoms with Gasteiger partial charge in [-0.2, -0.15) is 0 Å². The van der Waals surface area contributed by atoms with Crippen molar-refractivity contribution in [1.82, 2.24) is 0 Å². The number of nitrogens with one attached hydrogen (secondary N) is 1. The summed E-state index contributed by atoms with van der Waals surface area (Å²) in [6, 6.07) is 7.23. The molecule has 0 atom stereocenters. The van der Waals surface area contributed by atoms with Crippen molar-refractivity contribution >= 4 is 27.7 Å². The first-order valence-electron chi connectivity index (χ1n) is 4.40. The lowest BCUT2D eigenvalue weighted by Gasteiger charge is -2.06. The van der Waals surface area contributed by atoms with E-state index in [-0.39, 0.29) is 6.61 Å². The highest BCUT2D eigenvalue weighted by Gasteiger charge is 2.01. The maximum Gasteiger partial charge on any atom is 0.411 e. The second-order valence-corrected chi connectivity index (χ2v) is 3.68. The SMILES string of the molecule is COCCOC(=O)Nc1ccc(Br)cc1. The molecule has 1 aromatic rings. The Labute approximate surface area is 96.7 Å². The fraction of sp³-hybridized carbons (Fsp3) is 0.300. The summed E-state index contributed by atoms with van der Waals surface area (Å²) in [7, 11) is 1.55. The Hall–Kier alpha value is -1.07. The Bertz CT molecular complexity index is 313. The maximum atomic E-state index is 11.2. The lowest BCUT2D eigenvalue weighted by Crippen LogP contribution is -2.16. The summed E-state index contributed by atoms with van der Waals surface area (Å²) in [4.78, 5) is 11.2. The third-order valence-electron chi connectivity index (χ3n) is 1.61. The number of methoxy groups -OCH3 is 1. The molecular weight excluding hydrogens is 262 g/mol.